The molecule has 0 aromatic carbocycles. The number of nitrogens with zero attached hydrogens (tertiary/aromatic N) is 2. The minimum Gasteiger partial charge on any atom is -0.382 e. The Morgan fingerprint density at radius 1 is 1.52 bits per heavy atom. The molecule has 5 nitrogen and oxygen atoms in total. The second-order valence-corrected chi connectivity index (χ2v) is 7.75. The van der Waals surface area contributed by atoms with Gasteiger partial charge in [-0.3, -0.25) is 4.79 Å². The number of nitrogens with two attached hydrogens (primary N) is 1. The summed E-state index contributed by atoms with van der Waals surface area (Å²) < 4.78 is 0.206. The molecule has 0 bridgehead atoms. The lowest BCUT2D eigenvalue weighted by molar-refractivity contribution is 0.0954. The average molecular weight is 329 g/mol. The number of hydrogen-bond donors (Lipinski definition) is 2. The number of anilines is 2. The fourth-order valence-electron chi connectivity index (χ4n) is 2.58. The van der Waals surface area contributed by atoms with Gasteiger partial charge in [0, 0.05) is 24.9 Å². The monoisotopic (exact) mass is 328 g/mol. The van der Waals surface area contributed by atoms with Crippen LogP contribution in [0.5, 0.6) is 0 Å². The molecule has 21 heavy (non-hydrogen) atoms. The van der Waals surface area contributed by atoms with E-state index in [2.05, 4.69) is 16.6 Å². The largest absolute Gasteiger partial charge is 0.382 e. The second-order valence-electron chi connectivity index (χ2n) is 5.50. The van der Waals surface area contributed by atoms with Gasteiger partial charge in [0.15, 0.2) is 5.13 Å². The van der Waals surface area contributed by atoms with E-state index >= 15 is 0 Å². The molecule has 2 rings (SSSR count). The number of nitrogens with one attached hydrogen (secondary N) is 1. The van der Waals surface area contributed by atoms with Crippen LogP contribution >= 0.6 is 23.1 Å². The number of thioether (sulfide) groups is 1. The Bertz CT molecular complexity index is 497. The number of carbonyl (C=O) groups is 1. The molecule has 0 saturated heterocycles. The van der Waals surface area contributed by atoms with Gasteiger partial charge in [0.25, 0.3) is 5.91 Å². The molecule has 1 fully saturated rings. The lowest BCUT2D eigenvalue weighted by Gasteiger charge is -2.26. The maximum absolute atomic E-state index is 12.4. The summed E-state index contributed by atoms with van der Waals surface area (Å²) in [5.74, 6) is 0.235. The highest BCUT2D eigenvalue weighted by Crippen LogP contribution is 2.39. The summed E-state index contributed by atoms with van der Waals surface area (Å²) >= 11 is 3.23. The molecule has 7 heteroatoms. The molecule has 1 amide bonds. The molecule has 3 N–H and O–H groups in total. The van der Waals surface area contributed by atoms with E-state index in [1.54, 1.807) is 0 Å². The van der Waals surface area contributed by atoms with Gasteiger partial charge in [0.1, 0.15) is 10.7 Å². The van der Waals surface area contributed by atoms with Crippen molar-refractivity contribution in [2.24, 2.45) is 0 Å². The summed E-state index contributed by atoms with van der Waals surface area (Å²) in [7, 11) is 1.95. The Labute approximate surface area is 134 Å². The Morgan fingerprint density at radius 3 is 2.76 bits per heavy atom. The van der Waals surface area contributed by atoms with Crippen molar-refractivity contribution >= 4 is 40.0 Å². The highest BCUT2D eigenvalue weighted by atomic mass is 32.2. The fourth-order valence-corrected chi connectivity index (χ4v) is 4.42. The molecule has 0 spiro atoms. The van der Waals surface area contributed by atoms with E-state index in [-0.39, 0.29) is 10.7 Å². The van der Waals surface area contributed by atoms with Gasteiger partial charge in [-0.15, -0.1) is 0 Å². The summed E-state index contributed by atoms with van der Waals surface area (Å²) in [6.45, 7) is 3.59. The van der Waals surface area contributed by atoms with Crippen molar-refractivity contribution in [3.05, 3.63) is 4.88 Å². The van der Waals surface area contributed by atoms with Gasteiger partial charge in [0.2, 0.25) is 0 Å². The van der Waals surface area contributed by atoms with E-state index in [9.17, 15) is 4.79 Å². The van der Waals surface area contributed by atoms with Crippen LogP contribution in [0, 0.1) is 0 Å². The van der Waals surface area contributed by atoms with Gasteiger partial charge in [-0.25, -0.2) is 4.98 Å². The van der Waals surface area contributed by atoms with Gasteiger partial charge >= 0.3 is 0 Å². The summed E-state index contributed by atoms with van der Waals surface area (Å²) in [4.78, 5) is 19.1. The summed E-state index contributed by atoms with van der Waals surface area (Å²) in [5.41, 5.74) is 5.89. The first-order valence-corrected chi connectivity index (χ1v) is 9.36. The predicted octanol–water partition coefficient (Wildman–Crippen LogP) is 2.59. The lowest BCUT2D eigenvalue weighted by atomic mass is 10.1. The van der Waals surface area contributed by atoms with Gasteiger partial charge in [-0.05, 0) is 26.0 Å². The summed E-state index contributed by atoms with van der Waals surface area (Å²) in [6.07, 6.45) is 7.00. The highest BCUT2D eigenvalue weighted by molar-refractivity contribution is 8.00. The molecule has 118 valence electrons. The summed E-state index contributed by atoms with van der Waals surface area (Å²) in [5, 5.41) is 3.85. The number of nitrogen functional groups attached to an aromatic ring is 1. The van der Waals surface area contributed by atoms with Crippen molar-refractivity contribution in [1.82, 2.24) is 10.3 Å². The standard InChI is InChI=1S/C14H24N4OS2/c1-4-18(2)13-17-11(15)10(21-13)12(19)16-9-14(20-3)7-5-6-8-14/h4-9,15H2,1-3H3,(H,16,19). The van der Waals surface area contributed by atoms with Crippen molar-refractivity contribution < 1.29 is 4.79 Å². The molecular weight excluding hydrogens is 304 g/mol. The topological polar surface area (TPSA) is 71.2 Å². The molecule has 1 aromatic rings. The molecule has 1 heterocycles. The van der Waals surface area contributed by atoms with Crippen molar-refractivity contribution in [3.63, 3.8) is 0 Å². The van der Waals surface area contributed by atoms with Gasteiger partial charge < -0.3 is 16.0 Å². The minimum absolute atomic E-state index is 0.0962. The van der Waals surface area contributed by atoms with E-state index in [0.29, 0.717) is 17.2 Å². The van der Waals surface area contributed by atoms with Gasteiger partial charge in [0.05, 0.1) is 0 Å². The first-order chi connectivity index (χ1) is 10.0. The van der Waals surface area contributed by atoms with E-state index in [1.807, 2.05) is 30.6 Å². The van der Waals surface area contributed by atoms with Crippen LogP contribution in [0.1, 0.15) is 42.3 Å². The Balaban J connectivity index is 2.02. The molecule has 0 radical (unpaired) electrons. The van der Waals surface area contributed by atoms with Crippen LogP contribution < -0.4 is 16.0 Å². The Morgan fingerprint density at radius 2 is 2.19 bits per heavy atom. The van der Waals surface area contributed by atoms with Crippen molar-refractivity contribution in [2.75, 3.05) is 37.0 Å². The maximum atomic E-state index is 12.4. The number of aromatic nitrogens is 1. The number of rotatable bonds is 6. The molecule has 0 unspecified atom stereocenters. The zero-order chi connectivity index (χ0) is 15.5. The van der Waals surface area contributed by atoms with Crippen LogP contribution in [0.2, 0.25) is 0 Å². The molecular formula is C14H24N4OS2. The third-order valence-corrected chi connectivity index (χ3v) is 6.77. The smallest absolute Gasteiger partial charge is 0.265 e. The van der Waals surface area contributed by atoms with Gasteiger partial charge in [-0.1, -0.05) is 24.2 Å². The summed E-state index contributed by atoms with van der Waals surface area (Å²) in [6, 6.07) is 0. The number of amides is 1. The van der Waals surface area contributed by atoms with Crippen LogP contribution in [0.3, 0.4) is 0 Å². The predicted molar refractivity (Wildman–Crippen MR) is 92.5 cm³/mol. The first kappa shape index (κ1) is 16.4. The lowest BCUT2D eigenvalue weighted by Crippen LogP contribution is -2.38. The average Bonchev–Trinajstić information content (AvgIpc) is 3.11. The zero-order valence-electron chi connectivity index (χ0n) is 12.9. The normalized spacial score (nSPS) is 16.9. The van der Waals surface area contributed by atoms with Crippen molar-refractivity contribution in [3.8, 4) is 0 Å². The molecule has 0 aliphatic heterocycles. The first-order valence-electron chi connectivity index (χ1n) is 7.32. The third kappa shape index (κ3) is 3.63. The Kier molecular flexibility index (Phi) is 5.37. The number of carbonyl (C=O) groups excluding carboxylic acids is 1. The number of thiazole rings is 1. The molecule has 0 atom stereocenters. The quantitative estimate of drug-likeness (QED) is 0.840. The van der Waals surface area contributed by atoms with Crippen LogP contribution in [-0.4, -0.2) is 42.0 Å². The van der Waals surface area contributed by atoms with E-state index in [0.717, 1.165) is 11.7 Å². The maximum Gasteiger partial charge on any atom is 0.265 e. The van der Waals surface area contributed by atoms with Gasteiger partial charge in [-0.2, -0.15) is 11.8 Å². The number of hydrogen-bond acceptors (Lipinski definition) is 6. The zero-order valence-corrected chi connectivity index (χ0v) is 14.6. The minimum atomic E-state index is -0.0962. The molecule has 1 aromatic heterocycles. The van der Waals surface area contributed by atoms with Crippen LogP contribution in [0.25, 0.3) is 0 Å². The SMILES string of the molecule is CCN(C)c1nc(N)c(C(=O)NCC2(SC)CCCC2)s1. The Hall–Kier alpha value is -0.950. The van der Waals surface area contributed by atoms with E-state index in [4.69, 9.17) is 5.73 Å². The second kappa shape index (κ2) is 6.87. The molecule has 1 aliphatic rings. The van der Waals surface area contributed by atoms with Crippen molar-refractivity contribution in [2.45, 2.75) is 37.4 Å². The van der Waals surface area contributed by atoms with Crippen molar-refractivity contribution in [1.29, 1.82) is 0 Å². The molecule has 1 aliphatic carbocycles. The fraction of sp³-hybridized carbons (Fsp3) is 0.714. The van der Waals surface area contributed by atoms with Crippen LogP contribution in [0.15, 0.2) is 0 Å². The van der Waals surface area contributed by atoms with Crippen LogP contribution in [-0.2, 0) is 0 Å². The third-order valence-electron chi connectivity index (χ3n) is 4.17. The van der Waals surface area contributed by atoms with Crippen LogP contribution in [0.4, 0.5) is 10.9 Å². The molecule has 1 saturated carbocycles. The highest BCUT2D eigenvalue weighted by Gasteiger charge is 2.33. The van der Waals surface area contributed by atoms with E-state index < -0.39 is 0 Å². The van der Waals surface area contributed by atoms with E-state index in [1.165, 1.54) is 37.0 Å².